The molecule has 0 unspecified atom stereocenters. The zero-order chi connectivity index (χ0) is 17.0. The number of carbonyl (C=O) groups is 1. The largest absolute Gasteiger partial charge is 0.444 e. The number of halogens is 2. The summed E-state index contributed by atoms with van der Waals surface area (Å²) < 4.78 is 31.5. The van der Waals surface area contributed by atoms with E-state index in [9.17, 15) is 13.6 Å². The van der Waals surface area contributed by atoms with Crippen molar-refractivity contribution >= 4 is 11.8 Å². The highest BCUT2D eigenvalue weighted by molar-refractivity contribution is 5.68. The van der Waals surface area contributed by atoms with Crippen LogP contribution in [0.1, 0.15) is 33.6 Å². The van der Waals surface area contributed by atoms with Gasteiger partial charge in [-0.3, -0.25) is 0 Å². The summed E-state index contributed by atoms with van der Waals surface area (Å²) in [5.41, 5.74) is 0.0340. The summed E-state index contributed by atoms with van der Waals surface area (Å²) in [5, 5.41) is 3.10. The first kappa shape index (κ1) is 17.5. The maximum Gasteiger partial charge on any atom is 0.410 e. The van der Waals surface area contributed by atoms with Crippen molar-refractivity contribution in [3.05, 3.63) is 29.8 Å². The van der Waals surface area contributed by atoms with Crippen LogP contribution in [-0.4, -0.2) is 36.2 Å². The zero-order valence-corrected chi connectivity index (χ0v) is 13.9. The lowest BCUT2D eigenvalue weighted by Crippen LogP contribution is -2.44. The summed E-state index contributed by atoms with van der Waals surface area (Å²) in [6.07, 6.45) is 1.59. The Kier molecular flexibility index (Phi) is 5.44. The van der Waals surface area contributed by atoms with E-state index in [4.69, 9.17) is 4.74 Å². The Morgan fingerprint density at radius 2 is 2.09 bits per heavy atom. The normalized spacial score (nSPS) is 18.7. The molecule has 0 aliphatic carbocycles. The van der Waals surface area contributed by atoms with Crippen molar-refractivity contribution in [2.45, 2.75) is 39.2 Å². The van der Waals surface area contributed by atoms with E-state index in [-0.39, 0.29) is 12.0 Å². The topological polar surface area (TPSA) is 41.6 Å². The van der Waals surface area contributed by atoms with E-state index >= 15 is 0 Å². The highest BCUT2D eigenvalue weighted by Gasteiger charge is 2.27. The van der Waals surface area contributed by atoms with Gasteiger partial charge < -0.3 is 15.0 Å². The summed E-state index contributed by atoms with van der Waals surface area (Å²) in [6.45, 7) is 7.43. The SMILES string of the molecule is CC(C)(C)OC(=O)N1CCC[C@@H](CNc2ccc(F)c(F)c2)C1. The second kappa shape index (κ2) is 7.15. The number of carbonyl (C=O) groups excluding carboxylic acids is 1. The van der Waals surface area contributed by atoms with E-state index in [2.05, 4.69) is 5.32 Å². The van der Waals surface area contributed by atoms with E-state index in [1.165, 1.54) is 6.07 Å². The Labute approximate surface area is 135 Å². The maximum absolute atomic E-state index is 13.2. The van der Waals surface area contributed by atoms with Gasteiger partial charge in [0.05, 0.1) is 0 Å². The fourth-order valence-corrected chi connectivity index (χ4v) is 2.59. The van der Waals surface area contributed by atoms with Gasteiger partial charge in [-0.25, -0.2) is 13.6 Å². The summed E-state index contributed by atoms with van der Waals surface area (Å²) in [7, 11) is 0. The molecule has 1 N–H and O–H groups in total. The molecular formula is C17H24F2N2O2. The number of anilines is 1. The number of benzene rings is 1. The molecule has 1 atom stereocenters. The molecule has 1 aliphatic heterocycles. The van der Waals surface area contributed by atoms with Crippen molar-refractivity contribution in [1.82, 2.24) is 4.90 Å². The lowest BCUT2D eigenvalue weighted by atomic mass is 9.98. The molecule has 1 heterocycles. The van der Waals surface area contributed by atoms with Gasteiger partial charge in [-0.1, -0.05) is 0 Å². The third kappa shape index (κ3) is 5.37. The minimum atomic E-state index is -0.867. The summed E-state index contributed by atoms with van der Waals surface area (Å²) in [5.74, 6) is -1.47. The number of nitrogens with one attached hydrogen (secondary N) is 1. The van der Waals surface area contributed by atoms with Crippen LogP contribution in [0.4, 0.5) is 19.3 Å². The monoisotopic (exact) mass is 326 g/mol. The molecule has 128 valence electrons. The van der Waals surface area contributed by atoms with Crippen LogP contribution in [-0.2, 0) is 4.74 Å². The fourth-order valence-electron chi connectivity index (χ4n) is 2.59. The van der Waals surface area contributed by atoms with Crippen LogP contribution in [0.25, 0.3) is 0 Å². The molecule has 1 saturated heterocycles. The first-order valence-electron chi connectivity index (χ1n) is 7.91. The quantitative estimate of drug-likeness (QED) is 0.912. The van der Waals surface area contributed by atoms with Gasteiger partial charge in [-0.05, 0) is 57.7 Å². The van der Waals surface area contributed by atoms with Crippen LogP contribution in [0.2, 0.25) is 0 Å². The number of amides is 1. The molecule has 6 heteroatoms. The van der Waals surface area contributed by atoms with E-state index in [1.807, 2.05) is 20.8 Å². The molecule has 0 aromatic heterocycles. The molecule has 0 bridgehead atoms. The van der Waals surface area contributed by atoms with Crippen molar-refractivity contribution in [3.8, 4) is 0 Å². The average Bonchev–Trinajstić information content (AvgIpc) is 2.47. The second-order valence-corrected chi connectivity index (χ2v) is 6.94. The van der Waals surface area contributed by atoms with Crippen molar-refractivity contribution in [2.75, 3.05) is 25.0 Å². The van der Waals surface area contributed by atoms with Gasteiger partial charge >= 0.3 is 6.09 Å². The highest BCUT2D eigenvalue weighted by Crippen LogP contribution is 2.20. The third-order valence-electron chi connectivity index (χ3n) is 3.69. The molecule has 23 heavy (non-hydrogen) atoms. The molecule has 1 aromatic rings. The van der Waals surface area contributed by atoms with Crippen molar-refractivity contribution < 1.29 is 18.3 Å². The summed E-state index contributed by atoms with van der Waals surface area (Å²) in [4.78, 5) is 13.8. The Balaban J connectivity index is 1.86. The first-order chi connectivity index (χ1) is 10.7. The van der Waals surface area contributed by atoms with Crippen molar-refractivity contribution in [1.29, 1.82) is 0 Å². The fraction of sp³-hybridized carbons (Fsp3) is 0.588. The van der Waals surface area contributed by atoms with Gasteiger partial charge in [0.15, 0.2) is 11.6 Å². The summed E-state index contributed by atoms with van der Waals surface area (Å²) in [6, 6.07) is 3.75. The van der Waals surface area contributed by atoms with Gasteiger partial charge in [0.1, 0.15) is 5.60 Å². The molecule has 1 amide bonds. The van der Waals surface area contributed by atoms with Gasteiger partial charge in [-0.15, -0.1) is 0 Å². The molecule has 0 spiro atoms. The third-order valence-corrected chi connectivity index (χ3v) is 3.69. The Bertz CT molecular complexity index is 558. The van der Waals surface area contributed by atoms with E-state index in [0.717, 1.165) is 25.0 Å². The lowest BCUT2D eigenvalue weighted by Gasteiger charge is -2.34. The molecule has 1 aromatic carbocycles. The predicted molar refractivity (Wildman–Crippen MR) is 85.4 cm³/mol. The molecule has 0 saturated carbocycles. The van der Waals surface area contributed by atoms with Crippen LogP contribution < -0.4 is 5.32 Å². The molecular weight excluding hydrogens is 302 g/mol. The summed E-state index contributed by atoms with van der Waals surface area (Å²) >= 11 is 0. The van der Waals surface area contributed by atoms with E-state index in [1.54, 1.807) is 4.90 Å². The zero-order valence-electron chi connectivity index (χ0n) is 13.9. The second-order valence-electron chi connectivity index (χ2n) is 6.94. The number of nitrogens with zero attached hydrogens (tertiary/aromatic N) is 1. The van der Waals surface area contributed by atoms with E-state index < -0.39 is 17.2 Å². The minimum absolute atomic E-state index is 0.254. The number of rotatable bonds is 3. The van der Waals surface area contributed by atoms with Crippen LogP contribution >= 0.6 is 0 Å². The Morgan fingerprint density at radius 1 is 1.35 bits per heavy atom. The minimum Gasteiger partial charge on any atom is -0.444 e. The maximum atomic E-state index is 13.2. The van der Waals surface area contributed by atoms with Crippen molar-refractivity contribution in [2.24, 2.45) is 5.92 Å². The van der Waals surface area contributed by atoms with Crippen LogP contribution in [0.15, 0.2) is 18.2 Å². The van der Waals surface area contributed by atoms with Crippen molar-refractivity contribution in [3.63, 3.8) is 0 Å². The van der Waals surface area contributed by atoms with Gasteiger partial charge in [-0.2, -0.15) is 0 Å². The predicted octanol–water partition coefficient (Wildman–Crippen LogP) is 4.02. The van der Waals surface area contributed by atoms with Gasteiger partial charge in [0.2, 0.25) is 0 Å². The van der Waals surface area contributed by atoms with Crippen LogP contribution in [0, 0.1) is 17.6 Å². The van der Waals surface area contributed by atoms with Gasteiger partial charge in [0, 0.05) is 25.3 Å². The standard InChI is InChI=1S/C17H24F2N2O2/c1-17(2,3)23-16(22)21-8-4-5-12(11-21)10-20-13-6-7-14(18)15(19)9-13/h6-7,9,12,20H,4-5,8,10-11H2,1-3H3/t12-/m0/s1. The van der Waals surface area contributed by atoms with Crippen LogP contribution in [0.5, 0.6) is 0 Å². The Hall–Kier alpha value is -1.85. The number of likely N-dealkylation sites (tertiary alicyclic amines) is 1. The molecule has 1 aliphatic rings. The van der Waals surface area contributed by atoms with Gasteiger partial charge in [0.25, 0.3) is 0 Å². The van der Waals surface area contributed by atoms with Crippen LogP contribution in [0.3, 0.4) is 0 Å². The smallest absolute Gasteiger partial charge is 0.410 e. The number of hydrogen-bond acceptors (Lipinski definition) is 3. The van der Waals surface area contributed by atoms with E-state index in [0.29, 0.717) is 25.3 Å². The molecule has 0 radical (unpaired) electrons. The number of piperidine rings is 1. The first-order valence-corrected chi connectivity index (χ1v) is 7.91. The molecule has 2 rings (SSSR count). The highest BCUT2D eigenvalue weighted by atomic mass is 19.2. The molecule has 4 nitrogen and oxygen atoms in total. The number of hydrogen-bond donors (Lipinski definition) is 1. The average molecular weight is 326 g/mol. The Morgan fingerprint density at radius 3 is 2.74 bits per heavy atom. The molecule has 1 fully saturated rings. The lowest BCUT2D eigenvalue weighted by molar-refractivity contribution is 0.0172. The number of ether oxygens (including phenoxy) is 1.